The van der Waals surface area contributed by atoms with Crippen LogP contribution in [0.25, 0.3) is 0 Å². The Kier molecular flexibility index (Phi) is 2.53. The maximum atomic E-state index is 2.40. The Balaban J connectivity index is 1.76. The molecule has 0 spiro atoms. The molecule has 2 fully saturated rings. The number of hydrogen-bond donors (Lipinski definition) is 0. The number of hydrogen-bond acceptors (Lipinski definition) is 0. The van der Waals surface area contributed by atoms with Gasteiger partial charge in [0.25, 0.3) is 0 Å². The molecular formula is C16H22. The summed E-state index contributed by atoms with van der Waals surface area (Å²) in [5, 5.41) is 0. The Morgan fingerprint density at radius 1 is 1.06 bits per heavy atom. The van der Waals surface area contributed by atoms with Gasteiger partial charge in [-0.15, -0.1) is 0 Å². The molecule has 0 bridgehead atoms. The molecule has 0 nitrogen and oxygen atoms in total. The van der Waals surface area contributed by atoms with Gasteiger partial charge in [0.15, 0.2) is 0 Å². The second-order valence-electron chi connectivity index (χ2n) is 6.02. The molecule has 3 rings (SSSR count). The van der Waals surface area contributed by atoms with E-state index in [0.29, 0.717) is 5.41 Å². The molecule has 2 saturated carbocycles. The van der Waals surface area contributed by atoms with E-state index >= 15 is 0 Å². The van der Waals surface area contributed by atoms with E-state index in [-0.39, 0.29) is 0 Å². The molecule has 0 aromatic heterocycles. The summed E-state index contributed by atoms with van der Waals surface area (Å²) in [6, 6.07) is 11.1. The third kappa shape index (κ3) is 1.69. The minimum atomic E-state index is 0.646. The smallest absolute Gasteiger partial charge is 0.0222 e. The van der Waals surface area contributed by atoms with Crippen molar-refractivity contribution in [2.45, 2.75) is 45.4 Å². The minimum Gasteiger partial charge on any atom is -0.0648 e. The first-order valence-corrected chi connectivity index (χ1v) is 6.85. The van der Waals surface area contributed by atoms with Crippen molar-refractivity contribution in [3.05, 3.63) is 35.9 Å². The standard InChI is InChI=1S/C16H22/c1-2-16(10-13-6-4-3-5-7-13)11-14-8-9-15(14)12-16/h3-7,14-15H,2,8-12H2,1H3/t14-,15+,16?. The van der Waals surface area contributed by atoms with Crippen LogP contribution in [0.4, 0.5) is 0 Å². The lowest BCUT2D eigenvalue weighted by Gasteiger charge is -2.29. The third-order valence-corrected chi connectivity index (χ3v) is 5.14. The lowest BCUT2D eigenvalue weighted by atomic mass is 9.77. The Morgan fingerprint density at radius 3 is 2.19 bits per heavy atom. The van der Waals surface area contributed by atoms with Gasteiger partial charge in [-0.2, -0.15) is 0 Å². The van der Waals surface area contributed by atoms with Gasteiger partial charge in [0.2, 0.25) is 0 Å². The van der Waals surface area contributed by atoms with E-state index in [1.807, 2.05) is 0 Å². The minimum absolute atomic E-state index is 0.646. The molecular weight excluding hydrogens is 192 g/mol. The fourth-order valence-electron chi connectivity index (χ4n) is 3.96. The lowest BCUT2D eigenvalue weighted by Crippen LogP contribution is -2.19. The number of fused-ring (bicyclic) bond motifs is 1. The first kappa shape index (κ1) is 10.4. The zero-order chi connectivity index (χ0) is 11.0. The molecule has 16 heavy (non-hydrogen) atoms. The van der Waals surface area contributed by atoms with Crippen LogP contribution < -0.4 is 0 Å². The molecule has 2 aliphatic rings. The Hall–Kier alpha value is -0.780. The van der Waals surface area contributed by atoms with Gasteiger partial charge in [-0.25, -0.2) is 0 Å². The van der Waals surface area contributed by atoms with E-state index in [9.17, 15) is 0 Å². The first-order valence-electron chi connectivity index (χ1n) is 6.85. The average molecular weight is 214 g/mol. The van der Waals surface area contributed by atoms with Crippen LogP contribution in [0.15, 0.2) is 30.3 Å². The van der Waals surface area contributed by atoms with Crippen LogP contribution in [-0.4, -0.2) is 0 Å². The molecule has 0 N–H and O–H groups in total. The van der Waals surface area contributed by atoms with Crippen LogP contribution in [0, 0.1) is 17.3 Å². The summed E-state index contributed by atoms with van der Waals surface area (Å²) in [4.78, 5) is 0. The van der Waals surface area contributed by atoms with Gasteiger partial charge >= 0.3 is 0 Å². The van der Waals surface area contributed by atoms with Gasteiger partial charge in [-0.3, -0.25) is 0 Å². The van der Waals surface area contributed by atoms with E-state index in [1.165, 1.54) is 38.5 Å². The monoisotopic (exact) mass is 214 g/mol. The van der Waals surface area contributed by atoms with Crippen LogP contribution in [0.2, 0.25) is 0 Å². The van der Waals surface area contributed by atoms with Crippen LogP contribution in [-0.2, 0) is 6.42 Å². The predicted octanol–water partition coefficient (Wildman–Crippen LogP) is 4.45. The summed E-state index contributed by atoms with van der Waals surface area (Å²) in [5.74, 6) is 2.17. The quantitative estimate of drug-likeness (QED) is 0.697. The molecule has 0 saturated heterocycles. The zero-order valence-corrected chi connectivity index (χ0v) is 10.3. The Bertz CT molecular complexity index is 340. The fourth-order valence-corrected chi connectivity index (χ4v) is 3.96. The van der Waals surface area contributed by atoms with E-state index in [2.05, 4.69) is 37.3 Å². The summed E-state index contributed by atoms with van der Waals surface area (Å²) in [6.07, 6.45) is 8.72. The topological polar surface area (TPSA) is 0 Å². The van der Waals surface area contributed by atoms with Gasteiger partial charge in [0, 0.05) is 0 Å². The van der Waals surface area contributed by atoms with E-state index in [1.54, 1.807) is 5.56 Å². The molecule has 2 aliphatic carbocycles. The summed E-state index contributed by atoms with van der Waals surface area (Å²) >= 11 is 0. The van der Waals surface area contributed by atoms with Crippen molar-refractivity contribution in [2.75, 3.05) is 0 Å². The van der Waals surface area contributed by atoms with Crippen molar-refractivity contribution in [1.29, 1.82) is 0 Å². The first-order chi connectivity index (χ1) is 7.81. The molecule has 3 atom stereocenters. The van der Waals surface area contributed by atoms with E-state index < -0.39 is 0 Å². The summed E-state index contributed by atoms with van der Waals surface area (Å²) in [7, 11) is 0. The van der Waals surface area contributed by atoms with Crippen molar-refractivity contribution >= 4 is 0 Å². The van der Waals surface area contributed by atoms with Crippen molar-refractivity contribution in [3.63, 3.8) is 0 Å². The van der Waals surface area contributed by atoms with Crippen LogP contribution in [0.1, 0.15) is 44.6 Å². The maximum absolute atomic E-state index is 2.40. The number of rotatable bonds is 3. The van der Waals surface area contributed by atoms with Gasteiger partial charge in [-0.1, -0.05) is 43.7 Å². The van der Waals surface area contributed by atoms with Gasteiger partial charge in [0.05, 0.1) is 0 Å². The highest BCUT2D eigenvalue weighted by molar-refractivity contribution is 5.18. The highest BCUT2D eigenvalue weighted by Crippen LogP contribution is 2.57. The SMILES string of the molecule is CCC1(Cc2ccccc2)C[C@H]2CC[C@H]2C1. The Morgan fingerprint density at radius 2 is 1.69 bits per heavy atom. The molecule has 1 aromatic rings. The highest BCUT2D eigenvalue weighted by atomic mass is 14.5. The molecule has 0 radical (unpaired) electrons. The molecule has 0 amide bonds. The molecule has 0 heterocycles. The number of benzene rings is 1. The highest BCUT2D eigenvalue weighted by Gasteiger charge is 2.47. The zero-order valence-electron chi connectivity index (χ0n) is 10.3. The molecule has 0 aliphatic heterocycles. The largest absolute Gasteiger partial charge is 0.0648 e. The van der Waals surface area contributed by atoms with Crippen molar-refractivity contribution < 1.29 is 0 Å². The second kappa shape index (κ2) is 3.91. The molecule has 86 valence electrons. The van der Waals surface area contributed by atoms with Crippen LogP contribution >= 0.6 is 0 Å². The van der Waals surface area contributed by atoms with Gasteiger partial charge < -0.3 is 0 Å². The Labute approximate surface area is 99.1 Å². The van der Waals surface area contributed by atoms with Crippen molar-refractivity contribution in [3.8, 4) is 0 Å². The summed E-state index contributed by atoms with van der Waals surface area (Å²) in [5.41, 5.74) is 2.19. The predicted molar refractivity (Wildman–Crippen MR) is 68.3 cm³/mol. The van der Waals surface area contributed by atoms with Crippen LogP contribution in [0.5, 0.6) is 0 Å². The summed E-state index contributed by atoms with van der Waals surface area (Å²) in [6.45, 7) is 2.40. The van der Waals surface area contributed by atoms with E-state index in [4.69, 9.17) is 0 Å². The summed E-state index contributed by atoms with van der Waals surface area (Å²) < 4.78 is 0. The van der Waals surface area contributed by atoms with Crippen molar-refractivity contribution in [2.24, 2.45) is 17.3 Å². The van der Waals surface area contributed by atoms with Gasteiger partial charge in [-0.05, 0) is 54.9 Å². The molecule has 1 unspecified atom stereocenters. The van der Waals surface area contributed by atoms with Crippen LogP contribution in [0.3, 0.4) is 0 Å². The normalized spacial score (nSPS) is 36.8. The fraction of sp³-hybridized carbons (Fsp3) is 0.625. The molecule has 0 heteroatoms. The van der Waals surface area contributed by atoms with Crippen molar-refractivity contribution in [1.82, 2.24) is 0 Å². The third-order valence-electron chi connectivity index (χ3n) is 5.14. The average Bonchev–Trinajstić information content (AvgIpc) is 2.55. The second-order valence-corrected chi connectivity index (χ2v) is 6.02. The lowest BCUT2D eigenvalue weighted by molar-refractivity contribution is 0.219. The maximum Gasteiger partial charge on any atom is -0.0222 e. The van der Waals surface area contributed by atoms with E-state index in [0.717, 1.165) is 11.8 Å². The van der Waals surface area contributed by atoms with Gasteiger partial charge in [0.1, 0.15) is 0 Å². The molecule has 1 aromatic carbocycles.